The second kappa shape index (κ2) is 7.92. The Labute approximate surface area is 164 Å². The second-order valence-electron chi connectivity index (χ2n) is 7.01. The Balaban J connectivity index is 2.06. The molecular weight excluding hydrogens is 356 g/mol. The number of rotatable bonds is 6. The van der Waals surface area contributed by atoms with E-state index in [9.17, 15) is 14.4 Å². The lowest BCUT2D eigenvalue weighted by Gasteiger charge is -2.35. The molecule has 146 valence electrons. The molecule has 0 N–H and O–H groups in total. The van der Waals surface area contributed by atoms with Crippen LogP contribution in [-0.2, 0) is 19.1 Å². The van der Waals surface area contributed by atoms with Crippen molar-refractivity contribution >= 4 is 23.2 Å². The molecule has 28 heavy (non-hydrogen) atoms. The largest absolute Gasteiger partial charge is 0.442 e. The van der Waals surface area contributed by atoms with E-state index in [-0.39, 0.29) is 6.42 Å². The summed E-state index contributed by atoms with van der Waals surface area (Å²) in [5.74, 6) is -1.58. The summed E-state index contributed by atoms with van der Waals surface area (Å²) in [6.07, 6.45) is 11.3. The predicted molar refractivity (Wildman–Crippen MR) is 105 cm³/mol. The first kappa shape index (κ1) is 19.7. The third kappa shape index (κ3) is 3.54. The van der Waals surface area contributed by atoms with Crippen LogP contribution < -0.4 is 4.90 Å². The van der Waals surface area contributed by atoms with Gasteiger partial charge in [0.2, 0.25) is 17.2 Å². The maximum atomic E-state index is 13.2. The number of allylic oxidation sites excluding steroid dienone is 3. The molecule has 6 heteroatoms. The van der Waals surface area contributed by atoms with Crippen molar-refractivity contribution in [1.82, 2.24) is 4.98 Å². The number of aromatic nitrogens is 1. The lowest BCUT2D eigenvalue weighted by atomic mass is 9.79. The first-order valence-electron chi connectivity index (χ1n) is 9.55. The van der Waals surface area contributed by atoms with Gasteiger partial charge in [-0.25, -0.2) is 0 Å². The number of carbonyl (C=O) groups is 3. The summed E-state index contributed by atoms with van der Waals surface area (Å²) in [5, 5.41) is 0. The van der Waals surface area contributed by atoms with Gasteiger partial charge in [-0.1, -0.05) is 20.3 Å². The summed E-state index contributed by atoms with van der Waals surface area (Å²) >= 11 is 0. The van der Waals surface area contributed by atoms with Crippen LogP contribution in [0.15, 0.2) is 59.7 Å². The number of pyridine rings is 1. The Morgan fingerprint density at radius 3 is 2.54 bits per heavy atom. The van der Waals surface area contributed by atoms with Crippen LogP contribution in [0, 0.1) is 0 Å². The van der Waals surface area contributed by atoms with Crippen LogP contribution in [0.25, 0.3) is 0 Å². The minimum absolute atomic E-state index is 0.0932. The third-order valence-corrected chi connectivity index (χ3v) is 4.97. The molecule has 2 heterocycles. The van der Waals surface area contributed by atoms with Gasteiger partial charge in [-0.3, -0.25) is 19.4 Å². The van der Waals surface area contributed by atoms with E-state index in [4.69, 9.17) is 4.74 Å². The van der Waals surface area contributed by atoms with E-state index >= 15 is 0 Å². The van der Waals surface area contributed by atoms with Crippen LogP contribution in [0.4, 0.5) is 5.69 Å². The highest BCUT2D eigenvalue weighted by Crippen LogP contribution is 2.37. The van der Waals surface area contributed by atoms with Crippen LogP contribution in [0.3, 0.4) is 0 Å². The molecule has 1 aromatic heterocycles. The number of ketones is 2. The number of hydrogen-bond acceptors (Lipinski definition) is 6. The van der Waals surface area contributed by atoms with Gasteiger partial charge in [-0.2, -0.15) is 0 Å². The maximum absolute atomic E-state index is 13.2. The first-order chi connectivity index (χ1) is 13.4. The number of esters is 1. The van der Waals surface area contributed by atoms with Gasteiger partial charge in [0.1, 0.15) is 0 Å². The quantitative estimate of drug-likeness (QED) is 0.554. The summed E-state index contributed by atoms with van der Waals surface area (Å²) in [6, 6.07) is 3.72. The second-order valence-corrected chi connectivity index (χ2v) is 7.01. The summed E-state index contributed by atoms with van der Waals surface area (Å²) < 4.78 is 5.26. The molecule has 1 aromatic rings. The van der Waals surface area contributed by atoms with Crippen molar-refractivity contribution in [3.8, 4) is 0 Å². The van der Waals surface area contributed by atoms with Crippen LogP contribution in [0.2, 0.25) is 0 Å². The lowest BCUT2D eigenvalue weighted by Crippen LogP contribution is -2.51. The number of carbonyl (C=O) groups excluding carboxylic acids is 3. The fourth-order valence-corrected chi connectivity index (χ4v) is 3.26. The minimum atomic E-state index is -1.82. The number of hydrogen-bond donors (Lipinski definition) is 0. The number of ether oxygens (including phenoxy) is 1. The zero-order chi connectivity index (χ0) is 20.3. The van der Waals surface area contributed by atoms with Gasteiger partial charge in [-0.05, 0) is 49.6 Å². The topological polar surface area (TPSA) is 76.6 Å². The number of Topliss-reactive ketones (excluding diaryl/α,β-unsaturated/α-hetero) is 1. The monoisotopic (exact) mass is 380 g/mol. The molecule has 0 amide bonds. The Bertz CT molecular complexity index is 898. The molecule has 0 saturated heterocycles. The zero-order valence-corrected chi connectivity index (χ0v) is 16.4. The zero-order valence-electron chi connectivity index (χ0n) is 16.4. The molecule has 0 radical (unpaired) electrons. The van der Waals surface area contributed by atoms with Gasteiger partial charge < -0.3 is 9.64 Å². The van der Waals surface area contributed by atoms with Gasteiger partial charge in [0.15, 0.2) is 0 Å². The van der Waals surface area contributed by atoms with Crippen molar-refractivity contribution in [3.63, 3.8) is 0 Å². The number of unbranched alkanes of at least 4 members (excludes halogenated alkanes) is 1. The van der Waals surface area contributed by atoms with Gasteiger partial charge >= 0.3 is 5.97 Å². The highest BCUT2D eigenvalue weighted by atomic mass is 16.6. The standard InChI is InChI=1S/C22H24N2O4/c1-4-6-7-17-12-15-13-19(25)22(3,28-20(26)5-2)21(27)18(15)14-24(17)16-8-10-23-11-9-16/h8-14H,4-7H2,1-3H3. The average Bonchev–Trinajstić information content (AvgIpc) is 2.71. The van der Waals surface area contributed by atoms with E-state index in [0.717, 1.165) is 30.6 Å². The minimum Gasteiger partial charge on any atom is -0.442 e. The van der Waals surface area contributed by atoms with Gasteiger partial charge in [0.05, 0.1) is 0 Å². The Morgan fingerprint density at radius 1 is 1.18 bits per heavy atom. The third-order valence-electron chi connectivity index (χ3n) is 4.97. The van der Waals surface area contributed by atoms with Crippen LogP contribution in [-0.4, -0.2) is 28.1 Å². The molecule has 0 aromatic carbocycles. The molecule has 1 aliphatic carbocycles. The Morgan fingerprint density at radius 2 is 1.89 bits per heavy atom. The van der Waals surface area contributed by atoms with Crippen molar-refractivity contribution in [2.45, 2.75) is 52.1 Å². The van der Waals surface area contributed by atoms with E-state index in [1.165, 1.54) is 13.0 Å². The molecule has 0 spiro atoms. The van der Waals surface area contributed by atoms with Crippen molar-refractivity contribution in [3.05, 3.63) is 59.7 Å². The van der Waals surface area contributed by atoms with Crippen molar-refractivity contribution < 1.29 is 19.1 Å². The Kier molecular flexibility index (Phi) is 5.58. The molecule has 1 aliphatic heterocycles. The summed E-state index contributed by atoms with van der Waals surface area (Å²) in [4.78, 5) is 43.6. The fraction of sp³-hybridized carbons (Fsp3) is 0.364. The number of fused-ring (bicyclic) bond motifs is 1. The molecule has 0 saturated carbocycles. The van der Waals surface area contributed by atoms with Crippen molar-refractivity contribution in [2.75, 3.05) is 4.90 Å². The highest BCUT2D eigenvalue weighted by molar-refractivity contribution is 6.26. The molecule has 1 unspecified atom stereocenters. The summed E-state index contributed by atoms with van der Waals surface area (Å²) in [7, 11) is 0. The average molecular weight is 380 g/mol. The molecule has 2 aliphatic rings. The van der Waals surface area contributed by atoms with Crippen molar-refractivity contribution in [1.29, 1.82) is 0 Å². The normalized spacial score (nSPS) is 21.5. The summed E-state index contributed by atoms with van der Waals surface area (Å²) in [6.45, 7) is 5.10. The van der Waals surface area contributed by atoms with Gasteiger partial charge in [0.25, 0.3) is 0 Å². The molecule has 3 rings (SSSR count). The van der Waals surface area contributed by atoms with E-state index < -0.39 is 23.1 Å². The van der Waals surface area contributed by atoms with E-state index in [1.807, 2.05) is 23.1 Å². The van der Waals surface area contributed by atoms with E-state index in [1.54, 1.807) is 25.5 Å². The van der Waals surface area contributed by atoms with Gasteiger partial charge in [-0.15, -0.1) is 0 Å². The predicted octanol–water partition coefficient (Wildman–Crippen LogP) is 3.65. The van der Waals surface area contributed by atoms with E-state index in [2.05, 4.69) is 11.9 Å². The number of nitrogens with zero attached hydrogens (tertiary/aromatic N) is 2. The fourth-order valence-electron chi connectivity index (χ4n) is 3.26. The van der Waals surface area contributed by atoms with Crippen molar-refractivity contribution in [2.24, 2.45) is 0 Å². The molecule has 6 nitrogen and oxygen atoms in total. The number of anilines is 1. The van der Waals surface area contributed by atoms with E-state index in [0.29, 0.717) is 11.1 Å². The SMILES string of the molecule is CCCCC1=CC2=CC(=O)C(C)(OC(=O)CC)C(=O)C2=CN1c1ccncc1. The molecule has 0 bridgehead atoms. The molecular formula is C22H24N2O4. The smallest absolute Gasteiger partial charge is 0.306 e. The molecule has 0 fully saturated rings. The van der Waals surface area contributed by atoms with Crippen LogP contribution >= 0.6 is 0 Å². The Hall–Kier alpha value is -3.02. The first-order valence-corrected chi connectivity index (χ1v) is 9.55. The maximum Gasteiger partial charge on any atom is 0.306 e. The molecule has 1 atom stereocenters. The summed E-state index contributed by atoms with van der Waals surface area (Å²) in [5.41, 5.74) is 0.986. The van der Waals surface area contributed by atoms with Crippen LogP contribution in [0.5, 0.6) is 0 Å². The van der Waals surface area contributed by atoms with Crippen LogP contribution in [0.1, 0.15) is 46.5 Å². The highest BCUT2D eigenvalue weighted by Gasteiger charge is 2.49. The van der Waals surface area contributed by atoms with Gasteiger partial charge in [0, 0.05) is 42.0 Å². The lowest BCUT2D eigenvalue weighted by molar-refractivity contribution is -0.168.